The SMILES string of the molecule is Cc1ccc(S(=O)(=O)O)c(C[C@@H]2COC(C)(C)O2)c1. The van der Waals surface area contributed by atoms with E-state index in [1.807, 2.05) is 20.8 Å². The summed E-state index contributed by atoms with van der Waals surface area (Å²) in [6, 6.07) is 4.82. The minimum absolute atomic E-state index is 0.0635. The molecule has 0 aliphatic carbocycles. The average Bonchev–Trinajstić information content (AvgIpc) is 2.56. The van der Waals surface area contributed by atoms with Gasteiger partial charge in [-0.05, 0) is 32.4 Å². The summed E-state index contributed by atoms with van der Waals surface area (Å²) in [5.41, 5.74) is 1.48. The van der Waals surface area contributed by atoms with Crippen molar-refractivity contribution >= 4 is 10.1 Å². The van der Waals surface area contributed by atoms with Crippen molar-refractivity contribution in [2.75, 3.05) is 6.61 Å². The van der Waals surface area contributed by atoms with Crippen LogP contribution < -0.4 is 0 Å². The van der Waals surface area contributed by atoms with Crippen LogP contribution in [0.3, 0.4) is 0 Å². The summed E-state index contributed by atoms with van der Waals surface area (Å²) in [5, 5.41) is 0. The molecular weight excluding hydrogens is 268 g/mol. The lowest BCUT2D eigenvalue weighted by Crippen LogP contribution is -2.22. The van der Waals surface area contributed by atoms with Crippen molar-refractivity contribution < 1.29 is 22.4 Å². The molecule has 1 atom stereocenters. The first-order valence-electron chi connectivity index (χ1n) is 6.06. The Morgan fingerprint density at radius 3 is 2.63 bits per heavy atom. The van der Waals surface area contributed by atoms with Crippen LogP contribution in [-0.2, 0) is 26.0 Å². The second-order valence-electron chi connectivity index (χ2n) is 5.24. The first-order chi connectivity index (χ1) is 8.67. The van der Waals surface area contributed by atoms with Gasteiger partial charge in [0.15, 0.2) is 5.79 Å². The molecule has 0 bridgehead atoms. The van der Waals surface area contributed by atoms with Crippen molar-refractivity contribution in [3.63, 3.8) is 0 Å². The molecule has 106 valence electrons. The van der Waals surface area contributed by atoms with Gasteiger partial charge in [0.05, 0.1) is 17.6 Å². The maximum absolute atomic E-state index is 11.3. The molecule has 0 aromatic heterocycles. The first-order valence-corrected chi connectivity index (χ1v) is 7.50. The highest BCUT2D eigenvalue weighted by Crippen LogP contribution is 2.27. The molecule has 1 N–H and O–H groups in total. The van der Waals surface area contributed by atoms with Gasteiger partial charge in [-0.15, -0.1) is 0 Å². The minimum atomic E-state index is -4.22. The normalized spacial score (nSPS) is 22.6. The van der Waals surface area contributed by atoms with Crippen molar-refractivity contribution in [1.82, 2.24) is 0 Å². The molecule has 1 fully saturated rings. The fraction of sp³-hybridized carbons (Fsp3) is 0.538. The fourth-order valence-corrected chi connectivity index (χ4v) is 2.94. The Balaban J connectivity index is 2.27. The summed E-state index contributed by atoms with van der Waals surface area (Å²) in [5.74, 6) is -0.646. The molecule has 2 rings (SSSR count). The zero-order valence-corrected chi connectivity index (χ0v) is 12.0. The summed E-state index contributed by atoms with van der Waals surface area (Å²) >= 11 is 0. The van der Waals surface area contributed by atoms with Crippen LogP contribution >= 0.6 is 0 Å². The van der Waals surface area contributed by atoms with Crippen molar-refractivity contribution in [3.05, 3.63) is 29.3 Å². The number of hydrogen-bond acceptors (Lipinski definition) is 4. The van der Waals surface area contributed by atoms with E-state index >= 15 is 0 Å². The molecule has 19 heavy (non-hydrogen) atoms. The van der Waals surface area contributed by atoms with Crippen LogP contribution in [0.1, 0.15) is 25.0 Å². The Morgan fingerprint density at radius 2 is 2.11 bits per heavy atom. The van der Waals surface area contributed by atoms with Crippen LogP contribution in [0.15, 0.2) is 23.1 Å². The second kappa shape index (κ2) is 4.86. The highest BCUT2D eigenvalue weighted by Gasteiger charge is 2.33. The lowest BCUT2D eigenvalue weighted by molar-refractivity contribution is -0.138. The first kappa shape index (κ1) is 14.5. The molecule has 1 heterocycles. The molecule has 1 aliphatic heterocycles. The van der Waals surface area contributed by atoms with Gasteiger partial charge in [-0.3, -0.25) is 4.55 Å². The Labute approximate surface area is 113 Å². The number of ether oxygens (including phenoxy) is 2. The van der Waals surface area contributed by atoms with Crippen LogP contribution in [0.4, 0.5) is 0 Å². The molecule has 0 radical (unpaired) electrons. The van der Waals surface area contributed by atoms with E-state index in [0.717, 1.165) is 5.56 Å². The topological polar surface area (TPSA) is 72.8 Å². The summed E-state index contributed by atoms with van der Waals surface area (Å²) in [6.45, 7) is 5.90. The molecule has 0 unspecified atom stereocenters. The summed E-state index contributed by atoms with van der Waals surface area (Å²) < 4.78 is 43.0. The van der Waals surface area contributed by atoms with E-state index in [2.05, 4.69) is 0 Å². The summed E-state index contributed by atoms with van der Waals surface area (Å²) in [7, 11) is -4.22. The third-order valence-corrected chi connectivity index (χ3v) is 3.96. The van der Waals surface area contributed by atoms with Gasteiger partial charge >= 0.3 is 0 Å². The zero-order chi connectivity index (χ0) is 14.3. The van der Waals surface area contributed by atoms with Crippen LogP contribution in [0.2, 0.25) is 0 Å². The largest absolute Gasteiger partial charge is 0.348 e. The second-order valence-corrected chi connectivity index (χ2v) is 6.63. The third kappa shape index (κ3) is 3.54. The molecule has 0 amide bonds. The number of benzene rings is 1. The number of rotatable bonds is 3. The van der Waals surface area contributed by atoms with Crippen molar-refractivity contribution in [2.24, 2.45) is 0 Å². The molecule has 1 aromatic carbocycles. The Bertz CT molecular complexity index is 577. The molecule has 0 saturated carbocycles. The molecule has 5 nitrogen and oxygen atoms in total. The standard InChI is InChI=1S/C13H18O5S/c1-9-4-5-12(19(14,15)16)10(6-9)7-11-8-17-13(2,3)18-11/h4-6,11H,7-8H2,1-3H3,(H,14,15,16)/t11-/m1/s1. The molecule has 1 aliphatic rings. The lowest BCUT2D eigenvalue weighted by Gasteiger charge is -2.17. The van der Waals surface area contributed by atoms with Crippen LogP contribution in [0.25, 0.3) is 0 Å². The predicted molar refractivity (Wildman–Crippen MR) is 69.6 cm³/mol. The maximum Gasteiger partial charge on any atom is 0.294 e. The zero-order valence-electron chi connectivity index (χ0n) is 11.2. The van der Waals surface area contributed by atoms with E-state index in [4.69, 9.17) is 9.47 Å². The van der Waals surface area contributed by atoms with Gasteiger partial charge in [0.1, 0.15) is 0 Å². The van der Waals surface area contributed by atoms with Crippen molar-refractivity contribution in [1.29, 1.82) is 0 Å². The maximum atomic E-state index is 11.3. The van der Waals surface area contributed by atoms with Gasteiger partial charge in [-0.2, -0.15) is 8.42 Å². The summed E-state index contributed by atoms with van der Waals surface area (Å²) in [6.07, 6.45) is 0.178. The highest BCUT2D eigenvalue weighted by atomic mass is 32.2. The van der Waals surface area contributed by atoms with Crippen LogP contribution in [-0.4, -0.2) is 31.5 Å². The van der Waals surface area contributed by atoms with Gasteiger partial charge in [0.25, 0.3) is 10.1 Å². The van der Waals surface area contributed by atoms with Gasteiger partial charge in [-0.1, -0.05) is 17.7 Å². The quantitative estimate of drug-likeness (QED) is 0.860. The number of hydrogen-bond donors (Lipinski definition) is 1. The fourth-order valence-electron chi connectivity index (χ4n) is 2.23. The summed E-state index contributed by atoms with van der Waals surface area (Å²) in [4.78, 5) is -0.0635. The Kier molecular flexibility index (Phi) is 3.70. The van der Waals surface area contributed by atoms with E-state index in [-0.39, 0.29) is 11.0 Å². The van der Waals surface area contributed by atoms with Gasteiger partial charge < -0.3 is 9.47 Å². The van der Waals surface area contributed by atoms with Crippen molar-refractivity contribution in [2.45, 2.75) is 44.0 Å². The van der Waals surface area contributed by atoms with Gasteiger partial charge in [0, 0.05) is 6.42 Å². The van der Waals surface area contributed by atoms with Crippen molar-refractivity contribution in [3.8, 4) is 0 Å². The number of aryl methyl sites for hydroxylation is 1. The van der Waals surface area contributed by atoms with Gasteiger partial charge in [-0.25, -0.2) is 0 Å². The third-order valence-electron chi connectivity index (χ3n) is 3.01. The molecule has 6 heteroatoms. The molecular formula is C13H18O5S. The van der Waals surface area contributed by atoms with Crippen LogP contribution in [0, 0.1) is 6.92 Å². The molecule has 0 spiro atoms. The highest BCUT2D eigenvalue weighted by molar-refractivity contribution is 7.85. The van der Waals surface area contributed by atoms with E-state index in [0.29, 0.717) is 18.6 Å². The molecule has 1 saturated heterocycles. The molecule has 1 aromatic rings. The van der Waals surface area contributed by atoms with E-state index < -0.39 is 15.9 Å². The van der Waals surface area contributed by atoms with E-state index in [9.17, 15) is 13.0 Å². The van der Waals surface area contributed by atoms with E-state index in [1.165, 1.54) is 6.07 Å². The monoisotopic (exact) mass is 286 g/mol. The minimum Gasteiger partial charge on any atom is -0.348 e. The Morgan fingerprint density at radius 1 is 1.42 bits per heavy atom. The lowest BCUT2D eigenvalue weighted by atomic mass is 10.1. The van der Waals surface area contributed by atoms with Crippen LogP contribution in [0.5, 0.6) is 0 Å². The smallest absolute Gasteiger partial charge is 0.294 e. The predicted octanol–water partition coefficient (Wildman–Crippen LogP) is 1.94. The average molecular weight is 286 g/mol. The Hall–Kier alpha value is -0.950. The van der Waals surface area contributed by atoms with E-state index in [1.54, 1.807) is 12.1 Å². The van der Waals surface area contributed by atoms with Gasteiger partial charge in [0.2, 0.25) is 0 Å².